The van der Waals surface area contributed by atoms with Gasteiger partial charge in [-0.1, -0.05) is 27.2 Å². The maximum Gasteiger partial charge on any atom is 0.129 e. The molecular weight excluding hydrogens is 258 g/mol. The molecule has 1 fully saturated rings. The molecule has 0 unspecified atom stereocenters. The van der Waals surface area contributed by atoms with Crippen LogP contribution in [-0.2, 0) is 13.0 Å². The summed E-state index contributed by atoms with van der Waals surface area (Å²) in [6.45, 7) is 12.1. The monoisotopic (exact) mass is 289 g/mol. The van der Waals surface area contributed by atoms with E-state index < -0.39 is 0 Å². The van der Waals surface area contributed by atoms with Crippen molar-refractivity contribution in [3.8, 4) is 0 Å². The van der Waals surface area contributed by atoms with E-state index in [1.54, 1.807) is 0 Å². The van der Waals surface area contributed by atoms with E-state index in [4.69, 9.17) is 4.98 Å². The van der Waals surface area contributed by atoms with Gasteiger partial charge in [0.2, 0.25) is 0 Å². The quantitative estimate of drug-likeness (QED) is 0.750. The molecule has 2 rings (SSSR count). The van der Waals surface area contributed by atoms with Crippen molar-refractivity contribution in [2.45, 2.75) is 66.0 Å². The molecule has 3 heteroatoms. The van der Waals surface area contributed by atoms with Gasteiger partial charge in [0.15, 0.2) is 0 Å². The third kappa shape index (κ3) is 5.31. The van der Waals surface area contributed by atoms with Crippen LogP contribution in [0.25, 0.3) is 0 Å². The molecule has 1 heterocycles. The molecule has 1 aliphatic carbocycles. The highest BCUT2D eigenvalue weighted by Crippen LogP contribution is 2.21. The third-order valence-corrected chi connectivity index (χ3v) is 3.89. The molecule has 0 aromatic carbocycles. The second-order valence-corrected chi connectivity index (χ2v) is 6.66. The normalized spacial score (nSPS) is 14.7. The molecule has 0 radical (unpaired) electrons. The Bertz CT molecular complexity index is 438. The Kier molecular flexibility index (Phi) is 6.04. The molecule has 1 saturated carbocycles. The Morgan fingerprint density at radius 2 is 2.05 bits per heavy atom. The fourth-order valence-corrected chi connectivity index (χ4v) is 2.66. The largest absolute Gasteiger partial charge is 0.357 e. The Labute approximate surface area is 130 Å². The van der Waals surface area contributed by atoms with Gasteiger partial charge < -0.3 is 10.2 Å². The van der Waals surface area contributed by atoms with Gasteiger partial charge >= 0.3 is 0 Å². The highest BCUT2D eigenvalue weighted by molar-refractivity contribution is 5.43. The number of rotatable bonds is 9. The first-order valence-electron chi connectivity index (χ1n) is 8.60. The summed E-state index contributed by atoms with van der Waals surface area (Å²) < 4.78 is 0. The number of hydrogen-bond donors (Lipinski definition) is 1. The van der Waals surface area contributed by atoms with Gasteiger partial charge in [0.1, 0.15) is 5.82 Å². The molecule has 0 atom stereocenters. The standard InChI is InChI=1S/C18H31N3/c1-5-7-17-10-15(12-19-16-8-9-16)11-18(20-17)21(6-2)13-14(3)4/h10-11,14,16,19H,5-9,12-13H2,1-4H3. The molecule has 1 aromatic rings. The number of hydrogen-bond acceptors (Lipinski definition) is 3. The second kappa shape index (κ2) is 7.79. The van der Waals surface area contributed by atoms with Crippen molar-refractivity contribution in [1.29, 1.82) is 0 Å². The average molecular weight is 289 g/mol. The highest BCUT2D eigenvalue weighted by Gasteiger charge is 2.20. The van der Waals surface area contributed by atoms with Crippen LogP contribution in [0.15, 0.2) is 12.1 Å². The van der Waals surface area contributed by atoms with Gasteiger partial charge in [-0.05, 0) is 49.8 Å². The summed E-state index contributed by atoms with van der Waals surface area (Å²) in [6.07, 6.45) is 4.91. The zero-order valence-corrected chi connectivity index (χ0v) is 14.2. The Hall–Kier alpha value is -1.09. The first-order valence-corrected chi connectivity index (χ1v) is 8.60. The summed E-state index contributed by atoms with van der Waals surface area (Å²) >= 11 is 0. The molecule has 21 heavy (non-hydrogen) atoms. The SMILES string of the molecule is CCCc1cc(CNC2CC2)cc(N(CC)CC(C)C)n1. The number of pyridine rings is 1. The molecule has 1 N–H and O–H groups in total. The maximum absolute atomic E-state index is 4.89. The lowest BCUT2D eigenvalue weighted by molar-refractivity contribution is 0.612. The topological polar surface area (TPSA) is 28.2 Å². The number of nitrogens with one attached hydrogen (secondary N) is 1. The van der Waals surface area contributed by atoms with Crippen LogP contribution in [0.3, 0.4) is 0 Å². The zero-order valence-electron chi connectivity index (χ0n) is 14.2. The van der Waals surface area contributed by atoms with E-state index in [2.05, 4.69) is 50.0 Å². The van der Waals surface area contributed by atoms with E-state index in [0.717, 1.165) is 44.3 Å². The van der Waals surface area contributed by atoms with Gasteiger partial charge in [-0.15, -0.1) is 0 Å². The summed E-state index contributed by atoms with van der Waals surface area (Å²) in [7, 11) is 0. The van der Waals surface area contributed by atoms with Gasteiger partial charge in [-0.25, -0.2) is 4.98 Å². The first-order chi connectivity index (χ1) is 10.1. The molecule has 1 aromatic heterocycles. The molecule has 118 valence electrons. The van der Waals surface area contributed by atoms with Crippen LogP contribution >= 0.6 is 0 Å². The molecule has 1 aliphatic rings. The summed E-state index contributed by atoms with van der Waals surface area (Å²) in [5.74, 6) is 1.82. The number of nitrogens with zero attached hydrogens (tertiary/aromatic N) is 2. The molecule has 0 bridgehead atoms. The maximum atomic E-state index is 4.89. The first kappa shape index (κ1) is 16.3. The molecule has 0 saturated heterocycles. The van der Waals surface area contributed by atoms with Crippen molar-refractivity contribution in [2.24, 2.45) is 5.92 Å². The lowest BCUT2D eigenvalue weighted by Gasteiger charge is -2.25. The van der Waals surface area contributed by atoms with Crippen LogP contribution in [0, 0.1) is 5.92 Å². The highest BCUT2D eigenvalue weighted by atomic mass is 15.2. The van der Waals surface area contributed by atoms with E-state index in [1.165, 1.54) is 24.1 Å². The van der Waals surface area contributed by atoms with Crippen LogP contribution in [0.1, 0.15) is 58.2 Å². The Morgan fingerprint density at radius 1 is 1.29 bits per heavy atom. The summed E-state index contributed by atoms with van der Waals surface area (Å²) in [6, 6.07) is 5.32. The number of aryl methyl sites for hydroxylation is 1. The van der Waals surface area contributed by atoms with Crippen LogP contribution in [0.4, 0.5) is 5.82 Å². The van der Waals surface area contributed by atoms with Crippen LogP contribution in [0.2, 0.25) is 0 Å². The minimum absolute atomic E-state index is 0.662. The number of aromatic nitrogens is 1. The van der Waals surface area contributed by atoms with Crippen molar-refractivity contribution >= 4 is 5.82 Å². The minimum Gasteiger partial charge on any atom is -0.357 e. The molecule has 3 nitrogen and oxygen atoms in total. The fraction of sp³-hybridized carbons (Fsp3) is 0.722. The van der Waals surface area contributed by atoms with Gasteiger partial charge in [-0.2, -0.15) is 0 Å². The van der Waals surface area contributed by atoms with Gasteiger partial charge in [0.25, 0.3) is 0 Å². The van der Waals surface area contributed by atoms with Gasteiger partial charge in [0, 0.05) is 31.4 Å². The average Bonchev–Trinajstić information content (AvgIpc) is 3.26. The van der Waals surface area contributed by atoms with E-state index in [9.17, 15) is 0 Å². The van der Waals surface area contributed by atoms with Crippen molar-refractivity contribution < 1.29 is 0 Å². The van der Waals surface area contributed by atoms with Crippen molar-refractivity contribution in [2.75, 3.05) is 18.0 Å². The Balaban J connectivity index is 2.15. The molecule has 0 spiro atoms. The Morgan fingerprint density at radius 3 is 2.62 bits per heavy atom. The van der Waals surface area contributed by atoms with Gasteiger partial charge in [-0.3, -0.25) is 0 Å². The van der Waals surface area contributed by atoms with E-state index >= 15 is 0 Å². The minimum atomic E-state index is 0.662. The van der Waals surface area contributed by atoms with E-state index in [-0.39, 0.29) is 0 Å². The molecule has 0 aliphatic heterocycles. The van der Waals surface area contributed by atoms with Crippen LogP contribution < -0.4 is 10.2 Å². The zero-order chi connectivity index (χ0) is 15.2. The van der Waals surface area contributed by atoms with E-state index in [1.807, 2.05) is 0 Å². The molecule has 0 amide bonds. The van der Waals surface area contributed by atoms with Crippen LogP contribution in [0.5, 0.6) is 0 Å². The number of anilines is 1. The van der Waals surface area contributed by atoms with Crippen molar-refractivity contribution in [3.05, 3.63) is 23.4 Å². The lowest BCUT2D eigenvalue weighted by atomic mass is 10.1. The predicted octanol–water partition coefficient (Wildman–Crippen LogP) is 3.77. The summed E-state index contributed by atoms with van der Waals surface area (Å²) in [5, 5.41) is 3.62. The second-order valence-electron chi connectivity index (χ2n) is 6.66. The lowest BCUT2D eigenvalue weighted by Crippen LogP contribution is -2.28. The van der Waals surface area contributed by atoms with Gasteiger partial charge in [0.05, 0.1) is 0 Å². The smallest absolute Gasteiger partial charge is 0.129 e. The van der Waals surface area contributed by atoms with E-state index in [0.29, 0.717) is 5.92 Å². The fourth-order valence-electron chi connectivity index (χ4n) is 2.66. The van der Waals surface area contributed by atoms with Crippen molar-refractivity contribution in [3.63, 3.8) is 0 Å². The summed E-state index contributed by atoms with van der Waals surface area (Å²) in [4.78, 5) is 7.30. The van der Waals surface area contributed by atoms with Crippen molar-refractivity contribution in [1.82, 2.24) is 10.3 Å². The molecular formula is C18H31N3. The predicted molar refractivity (Wildman–Crippen MR) is 90.8 cm³/mol. The third-order valence-electron chi connectivity index (χ3n) is 3.89. The van der Waals surface area contributed by atoms with Crippen LogP contribution in [-0.4, -0.2) is 24.1 Å². The summed E-state index contributed by atoms with van der Waals surface area (Å²) in [5.41, 5.74) is 2.63.